The molecule has 0 bridgehead atoms. The molecule has 0 amide bonds. The van der Waals surface area contributed by atoms with E-state index in [-0.39, 0.29) is 24.0 Å². The second-order valence-corrected chi connectivity index (χ2v) is 17.4. The number of anilines is 5. The Labute approximate surface area is 365 Å². The van der Waals surface area contributed by atoms with Crippen LogP contribution in [0.25, 0.3) is 10.8 Å². The number of hydrogen-bond donors (Lipinski definition) is 1. The SMILES string of the molecule is C=CC(=O)OC1CCCCC1Nc1ccc(C(c2ccc(N(CCC)c3c(C)cc(C)cc3C)cc2)c2ccc(N(CCC)c3c(C)cc(C)cc3C)cc2)c2ccccc12. The summed E-state index contributed by atoms with van der Waals surface area (Å²) in [5, 5.41) is 6.22. The van der Waals surface area contributed by atoms with Gasteiger partial charge in [-0.25, -0.2) is 4.79 Å². The molecule has 1 saturated carbocycles. The summed E-state index contributed by atoms with van der Waals surface area (Å²) in [4.78, 5) is 17.3. The number of benzene rings is 6. The number of carbonyl (C=O) groups is 1. The Morgan fingerprint density at radius 3 is 1.62 bits per heavy atom. The lowest BCUT2D eigenvalue weighted by atomic mass is 9.82. The molecule has 2 atom stereocenters. The van der Waals surface area contributed by atoms with Gasteiger partial charge in [0.05, 0.1) is 6.04 Å². The molecule has 0 radical (unpaired) electrons. The molecule has 5 heteroatoms. The van der Waals surface area contributed by atoms with Gasteiger partial charge in [-0.1, -0.05) is 117 Å². The van der Waals surface area contributed by atoms with Crippen molar-refractivity contribution in [3.8, 4) is 0 Å². The molecule has 5 nitrogen and oxygen atoms in total. The lowest BCUT2D eigenvalue weighted by Gasteiger charge is -2.33. The van der Waals surface area contributed by atoms with Crippen LogP contribution >= 0.6 is 0 Å². The first-order chi connectivity index (χ1) is 29.5. The van der Waals surface area contributed by atoms with Crippen LogP contribution in [-0.4, -0.2) is 31.2 Å². The zero-order valence-electron chi connectivity index (χ0n) is 37.8. The van der Waals surface area contributed by atoms with Crippen LogP contribution in [0.4, 0.5) is 28.4 Å². The van der Waals surface area contributed by atoms with Gasteiger partial charge in [0, 0.05) is 58.9 Å². The third-order valence-corrected chi connectivity index (χ3v) is 12.5. The van der Waals surface area contributed by atoms with Crippen molar-refractivity contribution in [2.24, 2.45) is 0 Å². The zero-order valence-corrected chi connectivity index (χ0v) is 37.8. The molecule has 2 unspecified atom stereocenters. The molecule has 0 heterocycles. The molecule has 0 aliphatic heterocycles. The molecule has 0 spiro atoms. The first kappa shape index (κ1) is 43.3. The van der Waals surface area contributed by atoms with Gasteiger partial charge < -0.3 is 19.9 Å². The lowest BCUT2D eigenvalue weighted by molar-refractivity contribution is -0.144. The molecule has 1 fully saturated rings. The summed E-state index contributed by atoms with van der Waals surface area (Å²) in [7, 11) is 0. The van der Waals surface area contributed by atoms with Gasteiger partial charge in [-0.3, -0.25) is 0 Å². The van der Waals surface area contributed by atoms with E-state index >= 15 is 0 Å². The topological polar surface area (TPSA) is 44.8 Å². The van der Waals surface area contributed by atoms with Gasteiger partial charge in [0.25, 0.3) is 0 Å². The number of aryl methyl sites for hydroxylation is 6. The highest BCUT2D eigenvalue weighted by Crippen LogP contribution is 2.42. The van der Waals surface area contributed by atoms with Crippen molar-refractivity contribution >= 4 is 45.2 Å². The molecule has 7 rings (SSSR count). The summed E-state index contributed by atoms with van der Waals surface area (Å²) in [5.74, 6) is -0.384. The lowest BCUT2D eigenvalue weighted by Crippen LogP contribution is -2.39. The highest BCUT2D eigenvalue weighted by molar-refractivity contribution is 5.97. The van der Waals surface area contributed by atoms with E-state index < -0.39 is 0 Å². The van der Waals surface area contributed by atoms with Crippen LogP contribution in [0.15, 0.2) is 122 Å². The van der Waals surface area contributed by atoms with Gasteiger partial charge in [0.2, 0.25) is 0 Å². The maximum absolute atomic E-state index is 12.3. The average molecular weight is 812 g/mol. The molecule has 6 aromatic carbocycles. The molecule has 1 N–H and O–H groups in total. The number of hydrogen-bond acceptors (Lipinski definition) is 5. The highest BCUT2D eigenvalue weighted by Gasteiger charge is 2.29. The number of rotatable bonds is 15. The second kappa shape index (κ2) is 19.3. The van der Waals surface area contributed by atoms with Crippen LogP contribution in [0.2, 0.25) is 0 Å². The van der Waals surface area contributed by atoms with E-state index in [0.29, 0.717) is 0 Å². The molecule has 6 aromatic rings. The van der Waals surface area contributed by atoms with Gasteiger partial charge in [-0.2, -0.15) is 0 Å². The first-order valence-corrected chi connectivity index (χ1v) is 22.5. The van der Waals surface area contributed by atoms with E-state index in [4.69, 9.17) is 4.74 Å². The molecule has 316 valence electrons. The average Bonchev–Trinajstić information content (AvgIpc) is 3.24. The van der Waals surface area contributed by atoms with E-state index in [1.165, 1.54) is 84.3 Å². The summed E-state index contributed by atoms with van der Waals surface area (Å²) in [6.07, 6.45) is 7.11. The Morgan fingerprint density at radius 1 is 0.672 bits per heavy atom. The minimum atomic E-state index is -0.359. The quantitative estimate of drug-likeness (QED) is 0.0636. The number of nitrogens with one attached hydrogen (secondary N) is 1. The van der Waals surface area contributed by atoms with Crippen molar-refractivity contribution < 1.29 is 9.53 Å². The maximum atomic E-state index is 12.3. The predicted octanol–water partition coefficient (Wildman–Crippen LogP) is 14.4. The molecular weight excluding hydrogens is 747 g/mol. The zero-order chi connectivity index (χ0) is 43.2. The summed E-state index contributed by atoms with van der Waals surface area (Å²) >= 11 is 0. The maximum Gasteiger partial charge on any atom is 0.330 e. The fourth-order valence-corrected chi connectivity index (χ4v) is 10.1. The monoisotopic (exact) mass is 812 g/mol. The first-order valence-electron chi connectivity index (χ1n) is 22.5. The minimum Gasteiger partial charge on any atom is -0.457 e. The highest BCUT2D eigenvalue weighted by atomic mass is 16.5. The minimum absolute atomic E-state index is 0.0250. The number of esters is 1. The fraction of sp³-hybridized carbons (Fsp3) is 0.339. The normalized spacial score (nSPS) is 15.2. The molecule has 0 saturated heterocycles. The Kier molecular flexibility index (Phi) is 13.7. The van der Waals surface area contributed by atoms with Crippen molar-refractivity contribution in [2.75, 3.05) is 28.2 Å². The largest absolute Gasteiger partial charge is 0.457 e. The Balaban J connectivity index is 1.33. The number of nitrogens with zero attached hydrogens (tertiary/aromatic N) is 2. The van der Waals surface area contributed by atoms with Crippen LogP contribution in [0.5, 0.6) is 0 Å². The Bertz CT molecular complexity index is 2330. The Morgan fingerprint density at radius 2 is 1.15 bits per heavy atom. The van der Waals surface area contributed by atoms with Crippen molar-refractivity contribution in [1.82, 2.24) is 0 Å². The smallest absolute Gasteiger partial charge is 0.330 e. The molecule has 61 heavy (non-hydrogen) atoms. The number of ether oxygens (including phenoxy) is 1. The second-order valence-electron chi connectivity index (χ2n) is 17.4. The molecule has 1 aliphatic rings. The standard InChI is InChI=1S/C56H65N3O2/c1-10-31-58(55-39(6)33-37(4)34-40(55)7)45-25-21-43(22-26-45)54(44-23-27-46(28-24-44)59(32-11-2)56-41(8)35-38(5)36-42(56)9)49-29-30-50(48-18-14-13-17-47(48)49)57-51-19-15-16-20-52(51)61-53(60)12-3/h12-14,17-18,21-30,33-36,51-52,54,57H,3,10-11,15-16,19-20,31-32H2,1-2,4-9H3. The van der Waals surface area contributed by atoms with E-state index in [0.717, 1.165) is 62.7 Å². The summed E-state index contributed by atoms with van der Waals surface area (Å²) in [5.41, 5.74) is 17.6. The van der Waals surface area contributed by atoms with E-state index in [1.807, 2.05) is 0 Å². The third kappa shape index (κ3) is 9.42. The van der Waals surface area contributed by atoms with Crippen LogP contribution < -0.4 is 15.1 Å². The van der Waals surface area contributed by atoms with Crippen LogP contribution in [0, 0.1) is 41.5 Å². The van der Waals surface area contributed by atoms with Crippen LogP contribution in [0.3, 0.4) is 0 Å². The van der Waals surface area contributed by atoms with Gasteiger partial charge in [-0.05, 0) is 148 Å². The fourth-order valence-electron chi connectivity index (χ4n) is 10.1. The Hall–Kier alpha value is -5.81. The number of carbonyl (C=O) groups excluding carboxylic acids is 1. The van der Waals surface area contributed by atoms with Crippen molar-refractivity contribution in [1.29, 1.82) is 0 Å². The summed E-state index contributed by atoms with van der Waals surface area (Å²) in [6.45, 7) is 23.4. The van der Waals surface area contributed by atoms with Gasteiger partial charge in [-0.15, -0.1) is 0 Å². The third-order valence-electron chi connectivity index (χ3n) is 12.5. The van der Waals surface area contributed by atoms with Crippen LogP contribution in [0.1, 0.15) is 108 Å². The van der Waals surface area contributed by atoms with Crippen LogP contribution in [-0.2, 0) is 9.53 Å². The summed E-state index contributed by atoms with van der Waals surface area (Å²) < 4.78 is 5.86. The molecule has 0 aromatic heterocycles. The molecular formula is C56H65N3O2. The van der Waals surface area contributed by atoms with Gasteiger partial charge >= 0.3 is 5.97 Å². The molecule has 1 aliphatic carbocycles. The van der Waals surface area contributed by atoms with Gasteiger partial charge in [0.15, 0.2) is 0 Å². The van der Waals surface area contributed by atoms with Crippen molar-refractivity contribution in [2.45, 2.75) is 112 Å². The van der Waals surface area contributed by atoms with Crippen molar-refractivity contribution in [3.05, 3.63) is 172 Å². The predicted molar refractivity (Wildman–Crippen MR) is 260 cm³/mol. The van der Waals surface area contributed by atoms with E-state index in [9.17, 15) is 4.79 Å². The van der Waals surface area contributed by atoms with E-state index in [1.54, 1.807) is 0 Å². The number of fused-ring (bicyclic) bond motifs is 1. The van der Waals surface area contributed by atoms with Gasteiger partial charge in [0.1, 0.15) is 6.10 Å². The summed E-state index contributed by atoms with van der Waals surface area (Å²) in [6, 6.07) is 41.2. The van der Waals surface area contributed by atoms with E-state index in [2.05, 4.69) is 186 Å². The van der Waals surface area contributed by atoms with Crippen molar-refractivity contribution in [3.63, 3.8) is 0 Å².